The zero-order valence-electron chi connectivity index (χ0n) is 55.0. The number of allylic oxidation sites excluding steroid dienone is 8. The van der Waals surface area contributed by atoms with Gasteiger partial charge in [0.05, 0.1) is 13.2 Å². The molecule has 0 radical (unpaired) electrons. The second-order valence-corrected chi connectivity index (χ2v) is 25.9. The molecule has 0 saturated carbocycles. The Bertz CT molecular complexity index is 1500. The zero-order chi connectivity index (χ0) is 60.1. The topological polar surface area (TPSA) is 134 Å². The van der Waals surface area contributed by atoms with Crippen molar-refractivity contribution in [3.8, 4) is 0 Å². The van der Waals surface area contributed by atoms with Crippen LogP contribution < -0.4 is 5.73 Å². The van der Waals surface area contributed by atoms with Gasteiger partial charge in [0.2, 0.25) is 0 Å². The fourth-order valence-corrected chi connectivity index (χ4v) is 11.6. The van der Waals surface area contributed by atoms with Crippen molar-refractivity contribution < 1.29 is 37.6 Å². The van der Waals surface area contributed by atoms with Gasteiger partial charge in [-0.1, -0.05) is 332 Å². The molecular weight excluding hydrogens is 1050 g/mol. The van der Waals surface area contributed by atoms with E-state index >= 15 is 0 Å². The number of unbranched alkanes of at least 4 members (excludes halogenated alkanes) is 48. The first-order chi connectivity index (χ1) is 40.8. The molecule has 0 amide bonds. The highest BCUT2D eigenvalue weighted by Crippen LogP contribution is 2.43. The maximum absolute atomic E-state index is 12.8. The fourth-order valence-electron chi connectivity index (χ4n) is 10.8. The molecule has 83 heavy (non-hydrogen) atoms. The van der Waals surface area contributed by atoms with Crippen LogP contribution in [0, 0.1) is 0 Å². The second kappa shape index (κ2) is 69.1. The second-order valence-electron chi connectivity index (χ2n) is 24.5. The minimum atomic E-state index is -4.39. The van der Waals surface area contributed by atoms with Crippen molar-refractivity contribution in [2.24, 2.45) is 5.73 Å². The highest BCUT2D eigenvalue weighted by Gasteiger charge is 2.26. The quantitative estimate of drug-likeness (QED) is 0.0264. The molecule has 2 unspecified atom stereocenters. The average molecular weight is 1190 g/mol. The number of ether oxygens (including phenoxy) is 2. The van der Waals surface area contributed by atoms with Crippen LogP contribution in [0.15, 0.2) is 48.6 Å². The molecule has 9 nitrogen and oxygen atoms in total. The lowest BCUT2D eigenvalue weighted by molar-refractivity contribution is -0.161. The molecule has 0 fully saturated rings. The largest absolute Gasteiger partial charge is 0.472 e. The third-order valence-electron chi connectivity index (χ3n) is 16.2. The van der Waals surface area contributed by atoms with Crippen LogP contribution in [0.25, 0.3) is 0 Å². The summed E-state index contributed by atoms with van der Waals surface area (Å²) in [6.45, 7) is 3.78. The van der Waals surface area contributed by atoms with Crippen LogP contribution in [0.1, 0.15) is 373 Å². The number of hydrogen-bond acceptors (Lipinski definition) is 8. The van der Waals surface area contributed by atoms with Gasteiger partial charge in [0, 0.05) is 19.4 Å². The minimum Gasteiger partial charge on any atom is -0.462 e. The van der Waals surface area contributed by atoms with Crippen LogP contribution in [0.3, 0.4) is 0 Å². The van der Waals surface area contributed by atoms with Crippen molar-refractivity contribution in [3.63, 3.8) is 0 Å². The third-order valence-corrected chi connectivity index (χ3v) is 17.2. The summed E-state index contributed by atoms with van der Waals surface area (Å²) in [4.78, 5) is 35.3. The van der Waals surface area contributed by atoms with Crippen LogP contribution in [0.2, 0.25) is 0 Å². The molecule has 10 heteroatoms. The van der Waals surface area contributed by atoms with Gasteiger partial charge in [-0.15, -0.1) is 0 Å². The van der Waals surface area contributed by atoms with Crippen molar-refractivity contribution >= 4 is 19.8 Å². The number of phosphoric ester groups is 1. The van der Waals surface area contributed by atoms with Gasteiger partial charge in [-0.25, -0.2) is 4.57 Å². The molecule has 0 aliphatic rings. The van der Waals surface area contributed by atoms with Gasteiger partial charge in [-0.2, -0.15) is 0 Å². The molecule has 0 heterocycles. The lowest BCUT2D eigenvalue weighted by Crippen LogP contribution is -2.29. The monoisotopic (exact) mass is 1190 g/mol. The standard InChI is InChI=1S/C73H138NO8P/c1-3-5-7-9-11-13-15-17-19-21-23-25-26-27-28-29-30-31-32-33-34-35-36-37-38-39-40-41-42-43-44-46-48-50-52-54-56-58-60-62-64-66-73(76)82-71(70-81-83(77,78)80-68-67-74)69-79-72(75)65-63-61-59-57-55-53-51-49-47-45-24-22-20-18-16-14-12-10-8-6-4-2/h15-18,21-24,71H,3-14,19-20,25-70,74H2,1-2H3,(H,77,78)/b17-15-,18-16-,23-21-,24-22-. The number of hydrogen-bond donors (Lipinski definition) is 2. The molecule has 2 atom stereocenters. The highest BCUT2D eigenvalue weighted by molar-refractivity contribution is 7.47. The SMILES string of the molecule is CCCCCCC/C=C\C/C=C\CCCCCCCCCCCCCCCCCCCCCCCCCCCCCCCC(=O)OC(COC(=O)CCCCCCCCCCC/C=C\C/C=C\CCCCCCC)COP(=O)(O)OCCN. The van der Waals surface area contributed by atoms with E-state index in [1.54, 1.807) is 0 Å². The molecule has 0 rings (SSSR count). The molecule has 0 aromatic carbocycles. The van der Waals surface area contributed by atoms with Gasteiger partial charge in [-0.3, -0.25) is 18.6 Å². The molecule has 0 aromatic rings. The number of rotatable bonds is 69. The molecule has 0 saturated heterocycles. The molecular formula is C73H138NO8P. The van der Waals surface area contributed by atoms with Crippen molar-refractivity contribution in [3.05, 3.63) is 48.6 Å². The molecule has 3 N–H and O–H groups in total. The Morgan fingerprint density at radius 3 is 0.916 bits per heavy atom. The first-order valence-corrected chi connectivity index (χ1v) is 37.6. The summed E-state index contributed by atoms with van der Waals surface area (Å²) in [5.74, 6) is -0.814. The van der Waals surface area contributed by atoms with Gasteiger partial charge in [-0.05, 0) is 77.0 Å². The summed E-state index contributed by atoms with van der Waals surface area (Å²) >= 11 is 0. The first-order valence-electron chi connectivity index (χ1n) is 36.1. The van der Waals surface area contributed by atoms with E-state index < -0.39 is 26.5 Å². The number of carbonyl (C=O) groups excluding carboxylic acids is 2. The summed E-state index contributed by atoms with van der Waals surface area (Å²) in [6, 6.07) is 0. The van der Waals surface area contributed by atoms with E-state index in [4.69, 9.17) is 24.3 Å². The predicted octanol–water partition coefficient (Wildman–Crippen LogP) is 23.6. The Hall–Kier alpha value is -2.03. The molecule has 0 aliphatic carbocycles. The van der Waals surface area contributed by atoms with Gasteiger partial charge in [0.1, 0.15) is 6.61 Å². The van der Waals surface area contributed by atoms with Gasteiger partial charge in [0.25, 0.3) is 0 Å². The van der Waals surface area contributed by atoms with Gasteiger partial charge >= 0.3 is 19.8 Å². The number of phosphoric acid groups is 1. The summed E-state index contributed by atoms with van der Waals surface area (Å²) in [5.41, 5.74) is 5.40. The molecule has 0 aromatic heterocycles. The maximum Gasteiger partial charge on any atom is 0.472 e. The van der Waals surface area contributed by atoms with Crippen LogP contribution in [-0.2, 0) is 32.7 Å². The Labute approximate surface area is 515 Å². The van der Waals surface area contributed by atoms with E-state index in [0.29, 0.717) is 6.42 Å². The van der Waals surface area contributed by atoms with Gasteiger partial charge in [0.15, 0.2) is 6.10 Å². The van der Waals surface area contributed by atoms with Crippen molar-refractivity contribution in [2.45, 2.75) is 380 Å². The normalized spacial score (nSPS) is 13.2. The molecule has 0 aliphatic heterocycles. The molecule has 0 bridgehead atoms. The summed E-state index contributed by atoms with van der Waals surface area (Å²) in [6.07, 6.45) is 88.0. The van der Waals surface area contributed by atoms with Crippen molar-refractivity contribution in [1.82, 2.24) is 0 Å². The summed E-state index contributed by atoms with van der Waals surface area (Å²) in [5, 5.41) is 0. The summed E-state index contributed by atoms with van der Waals surface area (Å²) in [7, 11) is -4.39. The van der Waals surface area contributed by atoms with Crippen LogP contribution in [-0.4, -0.2) is 49.3 Å². The van der Waals surface area contributed by atoms with Crippen molar-refractivity contribution in [2.75, 3.05) is 26.4 Å². The van der Waals surface area contributed by atoms with E-state index in [2.05, 4.69) is 62.5 Å². The minimum absolute atomic E-state index is 0.0542. The lowest BCUT2D eigenvalue weighted by atomic mass is 10.0. The van der Waals surface area contributed by atoms with E-state index in [9.17, 15) is 19.0 Å². The lowest BCUT2D eigenvalue weighted by Gasteiger charge is -2.19. The maximum atomic E-state index is 12.8. The van der Waals surface area contributed by atoms with Gasteiger partial charge < -0.3 is 20.1 Å². The Balaban J connectivity index is 3.75. The predicted molar refractivity (Wildman–Crippen MR) is 358 cm³/mol. The zero-order valence-corrected chi connectivity index (χ0v) is 55.8. The third kappa shape index (κ3) is 68.9. The van der Waals surface area contributed by atoms with E-state index in [0.717, 1.165) is 44.9 Å². The number of esters is 2. The highest BCUT2D eigenvalue weighted by atomic mass is 31.2. The number of nitrogens with two attached hydrogens (primary N) is 1. The average Bonchev–Trinajstić information content (AvgIpc) is 3.49. The molecule has 488 valence electrons. The van der Waals surface area contributed by atoms with E-state index in [-0.39, 0.29) is 38.6 Å². The van der Waals surface area contributed by atoms with Crippen LogP contribution in [0.5, 0.6) is 0 Å². The number of carbonyl (C=O) groups is 2. The Morgan fingerprint density at radius 2 is 0.627 bits per heavy atom. The Morgan fingerprint density at radius 1 is 0.361 bits per heavy atom. The van der Waals surface area contributed by atoms with Crippen LogP contribution in [0.4, 0.5) is 0 Å². The first kappa shape index (κ1) is 81.0. The van der Waals surface area contributed by atoms with Crippen molar-refractivity contribution in [1.29, 1.82) is 0 Å². The van der Waals surface area contributed by atoms with E-state index in [1.165, 1.54) is 295 Å². The fraction of sp³-hybridized carbons (Fsp3) is 0.863. The van der Waals surface area contributed by atoms with E-state index in [1.807, 2.05) is 0 Å². The summed E-state index contributed by atoms with van der Waals surface area (Å²) < 4.78 is 33.2. The van der Waals surface area contributed by atoms with Crippen LogP contribution >= 0.6 is 7.82 Å². The Kier molecular flexibility index (Phi) is 67.4. The molecule has 0 spiro atoms. The smallest absolute Gasteiger partial charge is 0.462 e.